The Labute approximate surface area is 155 Å². The minimum atomic E-state index is 0.141. The van der Waals surface area contributed by atoms with Gasteiger partial charge in [0.05, 0.1) is 0 Å². The molecule has 2 aliphatic heterocycles. The maximum Gasteiger partial charge on any atom is 0.208 e. The molecule has 0 aromatic heterocycles. The molecule has 0 amide bonds. The summed E-state index contributed by atoms with van der Waals surface area (Å²) in [4.78, 5) is 11.1. The van der Waals surface area contributed by atoms with Crippen LogP contribution in [0, 0.1) is 13.3 Å². The van der Waals surface area contributed by atoms with E-state index in [1.54, 1.807) is 0 Å². The first-order chi connectivity index (χ1) is 11.7. The SMILES string of the molecule is CC(C)N1[C]N(CCN(CCN2[C]N(C(C)C)C=C2)C(C)(C)C)C=C1. The van der Waals surface area contributed by atoms with E-state index in [4.69, 9.17) is 0 Å². The molecule has 0 bridgehead atoms. The minimum absolute atomic E-state index is 0.141. The highest BCUT2D eigenvalue weighted by molar-refractivity contribution is 5.00. The van der Waals surface area contributed by atoms with Crippen LogP contribution in [-0.2, 0) is 0 Å². The van der Waals surface area contributed by atoms with Crippen molar-refractivity contribution in [3.05, 3.63) is 38.1 Å². The van der Waals surface area contributed by atoms with Crippen molar-refractivity contribution in [2.75, 3.05) is 26.2 Å². The summed E-state index contributed by atoms with van der Waals surface area (Å²) in [5, 5.41) is 0. The first-order valence-electron chi connectivity index (χ1n) is 9.41. The predicted molar refractivity (Wildman–Crippen MR) is 103 cm³/mol. The highest BCUT2D eigenvalue weighted by Gasteiger charge is 2.25. The molecule has 0 aromatic carbocycles. The van der Waals surface area contributed by atoms with Crippen molar-refractivity contribution < 1.29 is 0 Å². The van der Waals surface area contributed by atoms with Crippen molar-refractivity contribution in [3.63, 3.8) is 0 Å². The van der Waals surface area contributed by atoms with Gasteiger partial charge in [-0.25, -0.2) is 0 Å². The van der Waals surface area contributed by atoms with Gasteiger partial charge in [0.25, 0.3) is 0 Å². The molecule has 2 aliphatic rings. The molecule has 0 atom stereocenters. The van der Waals surface area contributed by atoms with E-state index in [1.165, 1.54) is 0 Å². The second-order valence-electron chi connectivity index (χ2n) is 8.34. The van der Waals surface area contributed by atoms with E-state index < -0.39 is 0 Å². The Morgan fingerprint density at radius 3 is 1.44 bits per heavy atom. The van der Waals surface area contributed by atoms with Gasteiger partial charge in [0, 0.05) is 68.6 Å². The second kappa shape index (κ2) is 8.35. The summed E-state index contributed by atoms with van der Waals surface area (Å²) >= 11 is 0. The van der Waals surface area contributed by atoms with E-state index in [0.717, 1.165) is 26.2 Å². The summed E-state index contributed by atoms with van der Waals surface area (Å²) in [5.41, 5.74) is 0.141. The Morgan fingerprint density at radius 2 is 1.16 bits per heavy atom. The summed E-state index contributed by atoms with van der Waals surface area (Å²) in [6.07, 6.45) is 8.44. The summed E-state index contributed by atoms with van der Waals surface area (Å²) in [5.74, 6) is 0. The maximum atomic E-state index is 3.40. The molecule has 0 spiro atoms. The van der Waals surface area contributed by atoms with Gasteiger partial charge in [-0.15, -0.1) is 0 Å². The second-order valence-corrected chi connectivity index (χ2v) is 8.34. The zero-order chi connectivity index (χ0) is 18.6. The fraction of sp³-hybridized carbons (Fsp3) is 0.700. The van der Waals surface area contributed by atoms with E-state index in [1.807, 2.05) is 0 Å². The normalized spacial score (nSPS) is 18.2. The highest BCUT2D eigenvalue weighted by Crippen LogP contribution is 2.19. The van der Waals surface area contributed by atoms with Gasteiger partial charge in [0.15, 0.2) is 0 Å². The van der Waals surface area contributed by atoms with Crippen LogP contribution in [0.5, 0.6) is 0 Å². The van der Waals surface area contributed by atoms with Crippen molar-refractivity contribution >= 4 is 0 Å². The Bertz CT molecular complexity index is 427. The van der Waals surface area contributed by atoms with Crippen LogP contribution >= 0.6 is 0 Å². The Balaban J connectivity index is 1.78. The van der Waals surface area contributed by atoms with Crippen molar-refractivity contribution in [3.8, 4) is 0 Å². The third kappa shape index (κ3) is 5.84. The molecule has 4 radical (unpaired) electrons. The van der Waals surface area contributed by atoms with Crippen LogP contribution < -0.4 is 0 Å². The third-order valence-electron chi connectivity index (χ3n) is 4.59. The lowest BCUT2D eigenvalue weighted by Gasteiger charge is -2.37. The van der Waals surface area contributed by atoms with E-state index in [-0.39, 0.29) is 5.54 Å². The van der Waals surface area contributed by atoms with Crippen LogP contribution in [0.2, 0.25) is 0 Å². The molecule has 0 saturated heterocycles. The molecule has 5 nitrogen and oxygen atoms in total. The standard InChI is InChI=1S/C20H35N5/c1-18(2)23-12-8-21(16-23)10-14-25(20(5,6)7)15-11-22-9-13-24(17-22)19(3)4/h8-9,12-13,18-19H,10-11,14-15H2,1-7H3. The number of nitrogens with zero attached hydrogens (tertiary/aromatic N) is 5. The Hall–Kier alpha value is -1.36. The molecule has 25 heavy (non-hydrogen) atoms. The van der Waals surface area contributed by atoms with Gasteiger partial charge in [-0.2, -0.15) is 0 Å². The van der Waals surface area contributed by atoms with E-state index in [9.17, 15) is 0 Å². The van der Waals surface area contributed by atoms with Crippen LogP contribution in [0.15, 0.2) is 24.8 Å². The Morgan fingerprint density at radius 1 is 0.760 bits per heavy atom. The zero-order valence-corrected chi connectivity index (χ0v) is 17.0. The molecule has 140 valence electrons. The molecule has 0 aromatic rings. The largest absolute Gasteiger partial charge is 0.345 e. The fourth-order valence-corrected chi connectivity index (χ4v) is 2.80. The predicted octanol–water partition coefficient (Wildman–Crippen LogP) is 3.07. The topological polar surface area (TPSA) is 16.2 Å². The summed E-state index contributed by atoms with van der Waals surface area (Å²) in [6, 6.07) is 0.911. The Kier molecular flexibility index (Phi) is 6.66. The zero-order valence-electron chi connectivity index (χ0n) is 17.0. The molecular formula is C20H35N5. The van der Waals surface area contributed by atoms with Crippen molar-refractivity contribution in [1.82, 2.24) is 24.5 Å². The van der Waals surface area contributed by atoms with Gasteiger partial charge in [-0.05, 0) is 48.5 Å². The number of rotatable bonds is 8. The number of hydrogen-bond donors (Lipinski definition) is 0. The summed E-state index contributed by atoms with van der Waals surface area (Å²) in [6.45, 7) is 26.3. The first kappa shape index (κ1) is 20.0. The first-order valence-corrected chi connectivity index (χ1v) is 9.41. The smallest absolute Gasteiger partial charge is 0.208 e. The fourth-order valence-electron chi connectivity index (χ4n) is 2.80. The summed E-state index contributed by atoms with van der Waals surface area (Å²) in [7, 11) is 0. The monoisotopic (exact) mass is 345 g/mol. The van der Waals surface area contributed by atoms with Gasteiger partial charge in [-0.1, -0.05) is 0 Å². The van der Waals surface area contributed by atoms with Crippen LogP contribution in [0.1, 0.15) is 48.5 Å². The average Bonchev–Trinajstić information content (AvgIpc) is 3.14. The molecule has 0 fully saturated rings. The average molecular weight is 346 g/mol. The van der Waals surface area contributed by atoms with Gasteiger partial charge in [0.1, 0.15) is 0 Å². The maximum absolute atomic E-state index is 3.40. The number of hydrogen-bond acceptors (Lipinski definition) is 5. The van der Waals surface area contributed by atoms with Crippen LogP contribution in [0.25, 0.3) is 0 Å². The van der Waals surface area contributed by atoms with Gasteiger partial charge >= 0.3 is 0 Å². The van der Waals surface area contributed by atoms with Crippen molar-refractivity contribution in [2.24, 2.45) is 0 Å². The van der Waals surface area contributed by atoms with Gasteiger partial charge in [0.2, 0.25) is 13.3 Å². The third-order valence-corrected chi connectivity index (χ3v) is 4.59. The molecular weight excluding hydrogens is 310 g/mol. The van der Waals surface area contributed by atoms with Crippen LogP contribution in [0.3, 0.4) is 0 Å². The lowest BCUT2D eigenvalue weighted by atomic mass is 10.1. The van der Waals surface area contributed by atoms with E-state index >= 15 is 0 Å². The molecule has 0 N–H and O–H groups in total. The molecule has 0 unspecified atom stereocenters. The summed E-state index contributed by atoms with van der Waals surface area (Å²) < 4.78 is 0. The van der Waals surface area contributed by atoms with Crippen LogP contribution in [-0.4, -0.2) is 68.3 Å². The lowest BCUT2D eigenvalue weighted by Crippen LogP contribution is -2.47. The van der Waals surface area contributed by atoms with E-state index in [0.29, 0.717) is 12.1 Å². The van der Waals surface area contributed by atoms with E-state index in [2.05, 4.69) is 111 Å². The van der Waals surface area contributed by atoms with Gasteiger partial charge < -0.3 is 19.6 Å². The molecule has 2 heterocycles. The van der Waals surface area contributed by atoms with Crippen molar-refractivity contribution in [1.29, 1.82) is 0 Å². The molecule has 2 rings (SSSR count). The van der Waals surface area contributed by atoms with Crippen molar-refractivity contribution in [2.45, 2.75) is 66.1 Å². The minimum Gasteiger partial charge on any atom is -0.345 e. The van der Waals surface area contributed by atoms with Crippen LogP contribution in [0.4, 0.5) is 0 Å². The molecule has 0 saturated carbocycles. The highest BCUT2D eigenvalue weighted by atomic mass is 15.4. The van der Waals surface area contributed by atoms with Gasteiger partial charge in [-0.3, -0.25) is 4.90 Å². The lowest BCUT2D eigenvalue weighted by molar-refractivity contribution is 0.115. The quantitative estimate of drug-likeness (QED) is 0.670. The molecule has 0 aliphatic carbocycles. The molecule has 5 heteroatoms.